The van der Waals surface area contributed by atoms with Crippen LogP contribution in [0.5, 0.6) is 0 Å². The molecule has 138 valence electrons. The van der Waals surface area contributed by atoms with Crippen LogP contribution in [0, 0.1) is 6.92 Å². The zero-order chi connectivity index (χ0) is 19.6. The molecule has 0 aliphatic rings. The molecule has 1 heterocycles. The second kappa shape index (κ2) is 7.59. The Morgan fingerprint density at radius 1 is 1.19 bits per heavy atom. The van der Waals surface area contributed by atoms with Gasteiger partial charge in [-0.15, -0.1) is 0 Å². The van der Waals surface area contributed by atoms with Gasteiger partial charge in [0, 0.05) is 16.1 Å². The van der Waals surface area contributed by atoms with E-state index >= 15 is 0 Å². The van der Waals surface area contributed by atoms with Gasteiger partial charge in [0.15, 0.2) is 11.8 Å². The average Bonchev–Trinajstić information content (AvgIpc) is 2.65. The number of aromatic nitrogens is 2. The molecule has 2 N–H and O–H groups in total. The molecule has 2 aromatic carbocycles. The molecule has 0 radical (unpaired) electrons. The molecule has 0 unspecified atom stereocenters. The monoisotopic (exact) mass is 385 g/mol. The van der Waals surface area contributed by atoms with Crippen LogP contribution in [0.3, 0.4) is 0 Å². The van der Waals surface area contributed by atoms with Crippen LogP contribution in [0.1, 0.15) is 23.0 Å². The van der Waals surface area contributed by atoms with E-state index in [0.717, 1.165) is 5.56 Å². The van der Waals surface area contributed by atoms with Gasteiger partial charge < -0.3 is 10.1 Å². The van der Waals surface area contributed by atoms with Gasteiger partial charge in [-0.1, -0.05) is 35.9 Å². The number of fused-ring (bicyclic) bond motifs is 1. The van der Waals surface area contributed by atoms with Crippen LogP contribution in [0.2, 0.25) is 5.02 Å². The zero-order valence-electron chi connectivity index (χ0n) is 14.6. The van der Waals surface area contributed by atoms with E-state index in [9.17, 15) is 14.4 Å². The van der Waals surface area contributed by atoms with Crippen LogP contribution >= 0.6 is 11.6 Å². The predicted octanol–water partition coefficient (Wildman–Crippen LogP) is 3.07. The fraction of sp³-hybridized carbons (Fsp3) is 0.158. The molecule has 0 spiro atoms. The highest BCUT2D eigenvalue weighted by molar-refractivity contribution is 6.31. The number of aromatic amines is 1. The number of halogens is 1. The molecule has 3 rings (SSSR count). The van der Waals surface area contributed by atoms with Crippen molar-refractivity contribution in [3.8, 4) is 0 Å². The summed E-state index contributed by atoms with van der Waals surface area (Å²) in [4.78, 5) is 36.6. The molecule has 0 aliphatic carbocycles. The summed E-state index contributed by atoms with van der Waals surface area (Å²) < 4.78 is 5.22. The third kappa shape index (κ3) is 3.98. The lowest BCUT2D eigenvalue weighted by Gasteiger charge is -2.15. The molecule has 7 nitrogen and oxygen atoms in total. The van der Waals surface area contributed by atoms with Gasteiger partial charge in [-0.25, -0.2) is 9.89 Å². The number of rotatable bonds is 4. The minimum Gasteiger partial charge on any atom is -0.448 e. The summed E-state index contributed by atoms with van der Waals surface area (Å²) in [6.45, 7) is 3.26. The van der Waals surface area contributed by atoms with Crippen molar-refractivity contribution in [2.75, 3.05) is 5.32 Å². The largest absolute Gasteiger partial charge is 0.448 e. The number of ether oxygens (including phenoxy) is 1. The summed E-state index contributed by atoms with van der Waals surface area (Å²) in [7, 11) is 0. The molecule has 1 atom stereocenters. The number of amides is 1. The van der Waals surface area contributed by atoms with Crippen LogP contribution in [-0.4, -0.2) is 28.2 Å². The van der Waals surface area contributed by atoms with Crippen molar-refractivity contribution in [2.24, 2.45) is 0 Å². The van der Waals surface area contributed by atoms with E-state index in [4.69, 9.17) is 16.3 Å². The van der Waals surface area contributed by atoms with Crippen molar-refractivity contribution in [3.63, 3.8) is 0 Å². The van der Waals surface area contributed by atoms with Crippen molar-refractivity contribution in [1.82, 2.24) is 10.2 Å². The zero-order valence-corrected chi connectivity index (χ0v) is 15.3. The lowest BCUT2D eigenvalue weighted by molar-refractivity contribution is -0.123. The van der Waals surface area contributed by atoms with Crippen molar-refractivity contribution in [3.05, 3.63) is 69.1 Å². The lowest BCUT2D eigenvalue weighted by Crippen LogP contribution is -2.31. The number of aryl methyl sites for hydroxylation is 1. The summed E-state index contributed by atoms with van der Waals surface area (Å²) in [5.41, 5.74) is 0.871. The number of H-pyrrole nitrogens is 1. The molecular weight excluding hydrogens is 370 g/mol. The number of anilines is 1. The molecule has 1 aromatic heterocycles. The highest BCUT2D eigenvalue weighted by Crippen LogP contribution is 2.21. The molecule has 3 aromatic rings. The lowest BCUT2D eigenvalue weighted by atomic mass is 10.1. The Kier molecular flexibility index (Phi) is 5.23. The molecule has 0 saturated heterocycles. The Bertz CT molecular complexity index is 1090. The maximum absolute atomic E-state index is 12.5. The third-order valence-corrected chi connectivity index (χ3v) is 4.24. The molecule has 0 fully saturated rings. The summed E-state index contributed by atoms with van der Waals surface area (Å²) in [5.74, 6) is -1.32. The van der Waals surface area contributed by atoms with Crippen LogP contribution in [0.4, 0.5) is 5.69 Å². The maximum Gasteiger partial charge on any atom is 0.360 e. The first kappa shape index (κ1) is 18.6. The van der Waals surface area contributed by atoms with E-state index < -0.39 is 23.5 Å². The van der Waals surface area contributed by atoms with Gasteiger partial charge in [0.05, 0.1) is 5.39 Å². The maximum atomic E-state index is 12.5. The van der Waals surface area contributed by atoms with Crippen LogP contribution in [0.25, 0.3) is 10.8 Å². The van der Waals surface area contributed by atoms with Gasteiger partial charge >= 0.3 is 5.97 Å². The standard InChI is InChI=1S/C19H16ClN3O4/c1-10-7-8-12(20)9-15(10)21-17(24)11(2)27-19(26)16-13-5-3-4-6-14(13)18(25)23-22-16/h3-9,11H,1-2H3,(H,21,24)(H,23,25)/t11-/m1/s1. The molecule has 0 aliphatic heterocycles. The van der Waals surface area contributed by atoms with Crippen LogP contribution in [0.15, 0.2) is 47.3 Å². The Hall–Kier alpha value is -3.19. The number of benzene rings is 2. The van der Waals surface area contributed by atoms with Gasteiger partial charge in [-0.2, -0.15) is 5.10 Å². The number of esters is 1. The first-order valence-corrected chi connectivity index (χ1v) is 8.50. The van der Waals surface area contributed by atoms with Gasteiger partial charge in [0.25, 0.3) is 11.5 Å². The Balaban J connectivity index is 1.78. The van der Waals surface area contributed by atoms with Gasteiger partial charge in [-0.3, -0.25) is 9.59 Å². The first-order chi connectivity index (χ1) is 12.9. The van der Waals surface area contributed by atoms with E-state index in [2.05, 4.69) is 15.5 Å². The van der Waals surface area contributed by atoms with E-state index in [0.29, 0.717) is 21.5 Å². The number of nitrogens with zero attached hydrogens (tertiary/aromatic N) is 1. The van der Waals surface area contributed by atoms with Crippen molar-refractivity contribution < 1.29 is 14.3 Å². The number of nitrogens with one attached hydrogen (secondary N) is 2. The SMILES string of the molecule is Cc1ccc(Cl)cc1NC(=O)[C@@H](C)OC(=O)c1n[nH]c(=O)c2ccccc12. The number of hydrogen-bond acceptors (Lipinski definition) is 5. The fourth-order valence-corrected chi connectivity index (χ4v) is 2.68. The first-order valence-electron chi connectivity index (χ1n) is 8.12. The molecular formula is C19H16ClN3O4. The molecule has 27 heavy (non-hydrogen) atoms. The van der Waals surface area contributed by atoms with Gasteiger partial charge in [0.2, 0.25) is 0 Å². The van der Waals surface area contributed by atoms with Crippen LogP contribution in [-0.2, 0) is 9.53 Å². The van der Waals surface area contributed by atoms with Gasteiger partial charge in [-0.05, 0) is 37.6 Å². The van der Waals surface area contributed by atoms with E-state index in [1.165, 1.54) is 6.92 Å². The van der Waals surface area contributed by atoms with E-state index in [1.807, 2.05) is 6.92 Å². The average molecular weight is 386 g/mol. The highest BCUT2D eigenvalue weighted by Gasteiger charge is 2.22. The van der Waals surface area contributed by atoms with Crippen molar-refractivity contribution in [2.45, 2.75) is 20.0 Å². The molecule has 0 bridgehead atoms. The summed E-state index contributed by atoms with van der Waals surface area (Å²) in [6.07, 6.45) is -1.08. The normalized spacial score (nSPS) is 11.8. The van der Waals surface area contributed by atoms with Crippen LogP contribution < -0.4 is 10.9 Å². The van der Waals surface area contributed by atoms with E-state index in [1.54, 1.807) is 42.5 Å². The second-order valence-corrected chi connectivity index (χ2v) is 6.38. The number of carbonyl (C=O) groups is 2. The van der Waals surface area contributed by atoms with Crippen molar-refractivity contribution >= 4 is 39.9 Å². The molecule has 1 amide bonds. The number of carbonyl (C=O) groups excluding carboxylic acids is 2. The highest BCUT2D eigenvalue weighted by atomic mass is 35.5. The Morgan fingerprint density at radius 3 is 2.63 bits per heavy atom. The van der Waals surface area contributed by atoms with Crippen molar-refractivity contribution in [1.29, 1.82) is 0 Å². The third-order valence-electron chi connectivity index (χ3n) is 4.00. The summed E-state index contributed by atoms with van der Waals surface area (Å²) in [6, 6.07) is 11.6. The minimum atomic E-state index is -1.08. The predicted molar refractivity (Wildman–Crippen MR) is 102 cm³/mol. The second-order valence-electron chi connectivity index (χ2n) is 5.94. The van der Waals surface area contributed by atoms with Gasteiger partial charge in [0.1, 0.15) is 0 Å². The van der Waals surface area contributed by atoms with E-state index in [-0.39, 0.29) is 5.69 Å². The topological polar surface area (TPSA) is 101 Å². The Morgan fingerprint density at radius 2 is 1.89 bits per heavy atom. The molecule has 0 saturated carbocycles. The smallest absolute Gasteiger partial charge is 0.360 e. The molecule has 8 heteroatoms. The Labute approximate surface area is 159 Å². The summed E-state index contributed by atoms with van der Waals surface area (Å²) >= 11 is 5.94. The quantitative estimate of drug-likeness (QED) is 0.672. The fourth-order valence-electron chi connectivity index (χ4n) is 2.50. The minimum absolute atomic E-state index is 0.0659. The summed E-state index contributed by atoms with van der Waals surface area (Å²) in [5, 5.41) is 9.84. The number of hydrogen-bond donors (Lipinski definition) is 2.